The largest absolute Gasteiger partial charge is 0.486 e. The third-order valence-corrected chi connectivity index (χ3v) is 3.48. The van der Waals surface area contributed by atoms with Crippen molar-refractivity contribution in [3.63, 3.8) is 0 Å². The molecule has 0 fully saturated rings. The highest BCUT2D eigenvalue weighted by molar-refractivity contribution is 5.84. The first-order valence-corrected chi connectivity index (χ1v) is 6.48. The van der Waals surface area contributed by atoms with E-state index in [2.05, 4.69) is 6.92 Å². The van der Waals surface area contributed by atoms with Gasteiger partial charge in [0.15, 0.2) is 0 Å². The van der Waals surface area contributed by atoms with E-state index in [4.69, 9.17) is 15.2 Å². The highest BCUT2D eigenvalue weighted by Gasteiger charge is 2.32. The van der Waals surface area contributed by atoms with Gasteiger partial charge < -0.3 is 20.1 Å². The monoisotopic (exact) mass is 264 g/mol. The predicted octanol–water partition coefficient (Wildman–Crippen LogP) is 1.81. The van der Waals surface area contributed by atoms with Gasteiger partial charge in [-0.1, -0.05) is 13.0 Å². The summed E-state index contributed by atoms with van der Waals surface area (Å²) in [6.45, 7) is 4.51. The molecule has 1 aromatic carbocycles. The number of methoxy groups -OCH3 is 1. The number of ether oxygens (including phenoxy) is 2. The van der Waals surface area contributed by atoms with Crippen molar-refractivity contribution >= 4 is 17.3 Å². The number of benzene rings is 1. The number of para-hydroxylation sites is 1. The molecule has 1 aliphatic heterocycles. The second-order valence-electron chi connectivity index (χ2n) is 4.69. The molecule has 0 bridgehead atoms. The summed E-state index contributed by atoms with van der Waals surface area (Å²) < 4.78 is 10.7. The topological polar surface area (TPSA) is 64.8 Å². The lowest BCUT2D eigenvalue weighted by Crippen LogP contribution is -2.48. The molecule has 0 spiro atoms. The smallest absolute Gasteiger partial charge is 0.328 e. The molecule has 2 N–H and O–H groups in total. The van der Waals surface area contributed by atoms with Crippen molar-refractivity contribution < 1.29 is 14.3 Å². The molecular formula is C14H20N2O3. The summed E-state index contributed by atoms with van der Waals surface area (Å²) >= 11 is 0. The number of nitrogen functional groups attached to an aromatic ring is 1. The summed E-state index contributed by atoms with van der Waals surface area (Å²) in [4.78, 5) is 13.7. The van der Waals surface area contributed by atoms with E-state index in [9.17, 15) is 4.79 Å². The Balaban J connectivity index is 2.41. The molecule has 1 heterocycles. The Morgan fingerprint density at radius 1 is 1.63 bits per heavy atom. The molecule has 2 atom stereocenters. The van der Waals surface area contributed by atoms with Gasteiger partial charge in [0.2, 0.25) is 0 Å². The minimum absolute atomic E-state index is 0.0569. The van der Waals surface area contributed by atoms with Gasteiger partial charge in [0, 0.05) is 0 Å². The highest BCUT2D eigenvalue weighted by Crippen LogP contribution is 2.39. The second-order valence-corrected chi connectivity index (χ2v) is 4.69. The van der Waals surface area contributed by atoms with Crippen molar-refractivity contribution in [2.45, 2.75) is 32.4 Å². The molecule has 19 heavy (non-hydrogen) atoms. The normalized spacial score (nSPS) is 19.3. The van der Waals surface area contributed by atoms with Crippen LogP contribution in [0.2, 0.25) is 0 Å². The predicted molar refractivity (Wildman–Crippen MR) is 74.4 cm³/mol. The van der Waals surface area contributed by atoms with Gasteiger partial charge in [0.05, 0.1) is 19.3 Å². The molecule has 0 aliphatic carbocycles. The minimum Gasteiger partial charge on any atom is -0.486 e. The fourth-order valence-electron chi connectivity index (χ4n) is 2.33. The van der Waals surface area contributed by atoms with E-state index in [0.717, 1.165) is 17.9 Å². The Bertz CT molecular complexity index is 476. The number of fused-ring (bicyclic) bond motifs is 1. The molecule has 2 rings (SSSR count). The zero-order valence-corrected chi connectivity index (χ0v) is 11.6. The molecule has 104 valence electrons. The van der Waals surface area contributed by atoms with Crippen LogP contribution in [0.3, 0.4) is 0 Å². The van der Waals surface area contributed by atoms with Gasteiger partial charge in [-0.25, -0.2) is 4.79 Å². The van der Waals surface area contributed by atoms with E-state index in [-0.39, 0.29) is 18.1 Å². The number of esters is 1. The minimum atomic E-state index is -0.383. The van der Waals surface area contributed by atoms with Crippen LogP contribution in [0.1, 0.15) is 20.3 Å². The summed E-state index contributed by atoms with van der Waals surface area (Å²) in [5.41, 5.74) is 7.42. The molecule has 1 aliphatic rings. The van der Waals surface area contributed by atoms with Crippen molar-refractivity contribution in [3.05, 3.63) is 18.2 Å². The van der Waals surface area contributed by atoms with E-state index < -0.39 is 0 Å². The standard InChI is InChI=1S/C14H20N2O3/c1-4-10-8-16(9(2)14(17)18-3)13-11(15)6-5-7-12(13)19-10/h5-7,9-10H,4,8,15H2,1-3H3. The van der Waals surface area contributed by atoms with E-state index in [1.165, 1.54) is 7.11 Å². The lowest BCUT2D eigenvalue weighted by atomic mass is 10.1. The van der Waals surface area contributed by atoms with Gasteiger partial charge in [-0.05, 0) is 25.5 Å². The molecule has 0 saturated carbocycles. The maximum Gasteiger partial charge on any atom is 0.328 e. The quantitative estimate of drug-likeness (QED) is 0.666. The summed E-state index contributed by atoms with van der Waals surface area (Å²) in [5.74, 6) is 0.458. The molecule has 0 amide bonds. The first-order chi connectivity index (χ1) is 9.08. The van der Waals surface area contributed by atoms with Crippen molar-refractivity contribution in [2.75, 3.05) is 24.3 Å². The van der Waals surface area contributed by atoms with Gasteiger partial charge >= 0.3 is 5.97 Å². The average Bonchev–Trinajstić information content (AvgIpc) is 2.44. The van der Waals surface area contributed by atoms with Crippen molar-refractivity contribution in [2.24, 2.45) is 0 Å². The summed E-state index contributed by atoms with van der Waals surface area (Å²) in [6.07, 6.45) is 0.931. The molecule has 2 unspecified atom stereocenters. The summed E-state index contributed by atoms with van der Waals surface area (Å²) in [7, 11) is 1.39. The number of anilines is 2. The lowest BCUT2D eigenvalue weighted by Gasteiger charge is -2.39. The number of rotatable bonds is 3. The van der Waals surface area contributed by atoms with Gasteiger partial charge in [-0.3, -0.25) is 0 Å². The molecule has 0 radical (unpaired) electrons. The van der Waals surface area contributed by atoms with Gasteiger partial charge in [-0.2, -0.15) is 0 Å². The fraction of sp³-hybridized carbons (Fsp3) is 0.500. The Kier molecular flexibility index (Phi) is 3.83. The molecule has 5 heteroatoms. The third kappa shape index (κ3) is 2.45. The van der Waals surface area contributed by atoms with Crippen molar-refractivity contribution in [1.29, 1.82) is 0 Å². The summed E-state index contributed by atoms with van der Waals surface area (Å²) in [5, 5.41) is 0. The Morgan fingerprint density at radius 3 is 3.00 bits per heavy atom. The third-order valence-electron chi connectivity index (χ3n) is 3.48. The zero-order valence-electron chi connectivity index (χ0n) is 11.6. The second kappa shape index (κ2) is 5.38. The molecule has 5 nitrogen and oxygen atoms in total. The number of nitrogens with two attached hydrogens (primary N) is 1. The molecule has 0 saturated heterocycles. The van der Waals surface area contributed by atoms with E-state index in [1.54, 1.807) is 0 Å². The van der Waals surface area contributed by atoms with E-state index in [0.29, 0.717) is 12.2 Å². The van der Waals surface area contributed by atoms with Crippen LogP contribution in [-0.2, 0) is 9.53 Å². The molecule has 1 aromatic rings. The van der Waals surface area contributed by atoms with E-state index >= 15 is 0 Å². The maximum atomic E-state index is 11.8. The number of nitrogens with zero attached hydrogens (tertiary/aromatic N) is 1. The van der Waals surface area contributed by atoms with Crippen LogP contribution in [0, 0.1) is 0 Å². The van der Waals surface area contributed by atoms with Crippen LogP contribution in [-0.4, -0.2) is 31.8 Å². The zero-order chi connectivity index (χ0) is 14.0. The van der Waals surface area contributed by atoms with Gasteiger partial charge in [0.25, 0.3) is 0 Å². The SMILES string of the molecule is CCC1CN(C(C)C(=O)OC)c2c(N)cccc2O1. The molecular weight excluding hydrogens is 244 g/mol. The first-order valence-electron chi connectivity index (χ1n) is 6.48. The van der Waals surface area contributed by atoms with Crippen LogP contribution in [0.4, 0.5) is 11.4 Å². The Morgan fingerprint density at radius 2 is 2.37 bits per heavy atom. The highest BCUT2D eigenvalue weighted by atomic mass is 16.5. The number of carbonyl (C=O) groups is 1. The Labute approximate surface area is 113 Å². The average molecular weight is 264 g/mol. The van der Waals surface area contributed by atoms with Crippen LogP contribution in [0.5, 0.6) is 5.75 Å². The number of hydrogen-bond acceptors (Lipinski definition) is 5. The lowest BCUT2D eigenvalue weighted by molar-refractivity contribution is -0.141. The van der Waals surface area contributed by atoms with Gasteiger partial charge in [0.1, 0.15) is 23.6 Å². The van der Waals surface area contributed by atoms with Crippen molar-refractivity contribution in [1.82, 2.24) is 0 Å². The van der Waals surface area contributed by atoms with Crippen LogP contribution in [0.25, 0.3) is 0 Å². The first kappa shape index (κ1) is 13.5. The van der Waals surface area contributed by atoms with Crippen molar-refractivity contribution in [3.8, 4) is 5.75 Å². The maximum absolute atomic E-state index is 11.8. The van der Waals surface area contributed by atoms with Crippen LogP contribution < -0.4 is 15.4 Å². The number of hydrogen-bond donors (Lipinski definition) is 1. The van der Waals surface area contributed by atoms with Gasteiger partial charge in [-0.15, -0.1) is 0 Å². The number of carbonyl (C=O) groups excluding carboxylic acids is 1. The van der Waals surface area contributed by atoms with Crippen LogP contribution in [0.15, 0.2) is 18.2 Å². The molecule has 0 aromatic heterocycles. The fourth-order valence-corrected chi connectivity index (χ4v) is 2.33. The summed E-state index contributed by atoms with van der Waals surface area (Å²) in [6, 6.07) is 5.16. The Hall–Kier alpha value is -1.91. The van der Waals surface area contributed by atoms with E-state index in [1.807, 2.05) is 30.0 Å². The van der Waals surface area contributed by atoms with Crippen LogP contribution >= 0.6 is 0 Å².